The van der Waals surface area contributed by atoms with E-state index < -0.39 is 22.2 Å². The summed E-state index contributed by atoms with van der Waals surface area (Å²) in [5.74, 6) is 0. The quantitative estimate of drug-likeness (QED) is 0.199. The Kier molecular flexibility index (Phi) is 8.40. The standard InChI is InChI=1S/C40H44N4/c1-37(2)33-11-9-12-34(23-33)38(3,4)42-26-31-19-21-32(22-20-31)28-44-40(7,8)36-14-10-13-35(24-36)39(5,6)43-27-30-17-15-29(16-18-30)25-41-37/h9-28H,1-8H3. The summed E-state index contributed by atoms with van der Waals surface area (Å²) in [6.45, 7) is 17.2. The lowest BCUT2D eigenvalue weighted by atomic mass is 9.88. The highest BCUT2D eigenvalue weighted by atomic mass is 14.9. The van der Waals surface area contributed by atoms with Crippen LogP contribution in [0.3, 0.4) is 0 Å². The third-order valence-corrected chi connectivity index (χ3v) is 8.57. The van der Waals surface area contributed by atoms with Crippen LogP contribution in [-0.2, 0) is 22.2 Å². The van der Waals surface area contributed by atoms with Gasteiger partial charge in [-0.15, -0.1) is 0 Å². The van der Waals surface area contributed by atoms with Gasteiger partial charge in [-0.2, -0.15) is 0 Å². The monoisotopic (exact) mass is 580 g/mol. The van der Waals surface area contributed by atoms with Crippen molar-refractivity contribution in [1.29, 1.82) is 0 Å². The zero-order valence-corrected chi connectivity index (χ0v) is 27.3. The average Bonchev–Trinajstić information content (AvgIpc) is 3.02. The zero-order valence-electron chi connectivity index (χ0n) is 27.3. The van der Waals surface area contributed by atoms with Crippen molar-refractivity contribution in [2.75, 3.05) is 0 Å². The molecule has 4 aliphatic rings. The summed E-state index contributed by atoms with van der Waals surface area (Å²) in [4.78, 5) is 20.0. The second-order valence-corrected chi connectivity index (χ2v) is 13.8. The number of nitrogens with zero attached hydrogens (tertiary/aromatic N) is 4. The van der Waals surface area contributed by atoms with E-state index in [9.17, 15) is 0 Å². The van der Waals surface area contributed by atoms with Gasteiger partial charge in [-0.05, 0) is 99.9 Å². The molecule has 4 aromatic rings. The van der Waals surface area contributed by atoms with Crippen LogP contribution in [0.4, 0.5) is 0 Å². The van der Waals surface area contributed by atoms with Gasteiger partial charge >= 0.3 is 0 Å². The second kappa shape index (κ2) is 11.9. The highest BCUT2D eigenvalue weighted by Crippen LogP contribution is 2.33. The molecule has 4 aliphatic heterocycles. The van der Waals surface area contributed by atoms with Crippen molar-refractivity contribution in [3.8, 4) is 0 Å². The Morgan fingerprint density at radius 1 is 0.318 bits per heavy atom. The summed E-state index contributed by atoms with van der Waals surface area (Å²) < 4.78 is 0. The van der Waals surface area contributed by atoms with Gasteiger partial charge in [-0.3, -0.25) is 20.0 Å². The fourth-order valence-electron chi connectivity index (χ4n) is 5.14. The first-order valence-corrected chi connectivity index (χ1v) is 15.4. The lowest BCUT2D eigenvalue weighted by molar-refractivity contribution is 0.540. The molecule has 0 saturated carbocycles. The Balaban J connectivity index is 1.56. The second-order valence-electron chi connectivity index (χ2n) is 13.8. The molecule has 0 unspecified atom stereocenters. The van der Waals surface area contributed by atoms with E-state index in [1.165, 1.54) is 0 Å². The topological polar surface area (TPSA) is 49.4 Å². The molecular weight excluding hydrogens is 536 g/mol. The Morgan fingerprint density at radius 2 is 0.523 bits per heavy atom. The van der Waals surface area contributed by atoms with Crippen LogP contribution in [0.25, 0.3) is 0 Å². The van der Waals surface area contributed by atoms with Crippen LogP contribution in [-0.4, -0.2) is 24.9 Å². The van der Waals surface area contributed by atoms with E-state index in [-0.39, 0.29) is 0 Å². The van der Waals surface area contributed by atoms with E-state index in [0.717, 1.165) is 44.5 Å². The molecule has 4 aromatic carbocycles. The highest BCUT2D eigenvalue weighted by Gasteiger charge is 2.25. The zero-order chi connectivity index (χ0) is 31.6. The van der Waals surface area contributed by atoms with Gasteiger partial charge in [0.2, 0.25) is 0 Å². The van der Waals surface area contributed by atoms with Crippen molar-refractivity contribution in [3.05, 3.63) is 142 Å². The van der Waals surface area contributed by atoms with Crippen molar-refractivity contribution in [2.24, 2.45) is 20.0 Å². The van der Waals surface area contributed by atoms with E-state index in [2.05, 4.69) is 152 Å². The van der Waals surface area contributed by atoms with Gasteiger partial charge in [0.15, 0.2) is 0 Å². The number of aliphatic imine (C=N–C) groups is 4. The maximum absolute atomic E-state index is 5.00. The maximum atomic E-state index is 5.00. The molecule has 0 spiro atoms. The summed E-state index contributed by atoms with van der Waals surface area (Å²) in [6.07, 6.45) is 7.85. The van der Waals surface area contributed by atoms with E-state index in [1.807, 2.05) is 24.9 Å². The number of hydrogen-bond acceptors (Lipinski definition) is 4. The predicted molar refractivity (Wildman–Crippen MR) is 188 cm³/mol. The predicted octanol–water partition coefficient (Wildman–Crippen LogP) is 9.42. The van der Waals surface area contributed by atoms with Crippen LogP contribution in [0.2, 0.25) is 0 Å². The molecule has 8 bridgehead atoms. The first-order chi connectivity index (χ1) is 20.7. The molecule has 4 nitrogen and oxygen atoms in total. The molecule has 0 atom stereocenters. The van der Waals surface area contributed by atoms with Gasteiger partial charge in [0.25, 0.3) is 0 Å². The van der Waals surface area contributed by atoms with Crippen LogP contribution in [0, 0.1) is 0 Å². The average molecular weight is 581 g/mol. The maximum Gasteiger partial charge on any atom is 0.0800 e. The van der Waals surface area contributed by atoms with Gasteiger partial charge in [-0.1, -0.05) is 97.1 Å². The first-order valence-electron chi connectivity index (χ1n) is 15.4. The van der Waals surface area contributed by atoms with Gasteiger partial charge in [0.1, 0.15) is 0 Å². The third kappa shape index (κ3) is 7.19. The molecule has 4 heteroatoms. The van der Waals surface area contributed by atoms with Gasteiger partial charge in [0, 0.05) is 24.9 Å². The van der Waals surface area contributed by atoms with Crippen molar-refractivity contribution < 1.29 is 0 Å². The molecule has 0 amide bonds. The molecular formula is C40H44N4. The minimum absolute atomic E-state index is 0.397. The van der Waals surface area contributed by atoms with Crippen molar-refractivity contribution in [2.45, 2.75) is 77.5 Å². The van der Waals surface area contributed by atoms with Crippen LogP contribution in [0.5, 0.6) is 0 Å². The summed E-state index contributed by atoms with van der Waals surface area (Å²) in [5.41, 5.74) is 7.23. The minimum atomic E-state index is -0.397. The molecule has 8 rings (SSSR count). The van der Waals surface area contributed by atoms with Crippen LogP contribution >= 0.6 is 0 Å². The van der Waals surface area contributed by atoms with Gasteiger partial charge in [-0.25, -0.2) is 0 Å². The third-order valence-electron chi connectivity index (χ3n) is 8.57. The SMILES string of the molecule is CC1(C)N=Cc2ccc(cc2)C=NC(C)(C)c2cccc(c2)C(C)(C)N=Cc2ccc(cc2)C=NC(C)(C)c2cccc1c2. The lowest BCUT2D eigenvalue weighted by Gasteiger charge is -2.25. The Bertz CT molecular complexity index is 1480. The summed E-state index contributed by atoms with van der Waals surface area (Å²) in [6, 6.07) is 34.0. The van der Waals surface area contributed by atoms with Crippen molar-refractivity contribution in [3.63, 3.8) is 0 Å². The summed E-state index contributed by atoms with van der Waals surface area (Å²) >= 11 is 0. The van der Waals surface area contributed by atoms with Gasteiger partial charge < -0.3 is 0 Å². The number of benzene rings is 4. The first kappa shape index (κ1) is 31.0. The summed E-state index contributed by atoms with van der Waals surface area (Å²) in [5, 5.41) is 0. The number of hydrogen-bond donors (Lipinski definition) is 0. The van der Waals surface area contributed by atoms with E-state index in [1.54, 1.807) is 0 Å². The molecule has 0 fully saturated rings. The molecule has 0 radical (unpaired) electrons. The largest absolute Gasteiger partial charge is 0.282 e. The molecule has 0 N–H and O–H groups in total. The highest BCUT2D eigenvalue weighted by molar-refractivity contribution is 5.85. The Hall–Kier alpha value is -4.44. The lowest BCUT2D eigenvalue weighted by Crippen LogP contribution is -2.19. The molecule has 224 valence electrons. The molecule has 44 heavy (non-hydrogen) atoms. The minimum Gasteiger partial charge on any atom is -0.282 e. The van der Waals surface area contributed by atoms with E-state index >= 15 is 0 Å². The van der Waals surface area contributed by atoms with E-state index in [4.69, 9.17) is 20.0 Å². The van der Waals surface area contributed by atoms with Crippen LogP contribution < -0.4 is 0 Å². The fourth-order valence-corrected chi connectivity index (χ4v) is 5.14. The molecule has 0 aromatic heterocycles. The molecule has 0 aliphatic carbocycles. The van der Waals surface area contributed by atoms with Crippen molar-refractivity contribution >= 4 is 24.9 Å². The normalized spacial score (nSPS) is 18.4. The van der Waals surface area contributed by atoms with Crippen LogP contribution in [0.1, 0.15) is 99.9 Å². The van der Waals surface area contributed by atoms with Crippen LogP contribution in [0.15, 0.2) is 117 Å². The van der Waals surface area contributed by atoms with E-state index in [0.29, 0.717) is 0 Å². The summed E-state index contributed by atoms with van der Waals surface area (Å²) in [7, 11) is 0. The fraction of sp³-hybridized carbons (Fsp3) is 0.300. The molecule has 4 heterocycles. The molecule has 0 saturated heterocycles. The van der Waals surface area contributed by atoms with Gasteiger partial charge in [0.05, 0.1) is 22.2 Å². The Labute approximate surface area is 263 Å². The smallest absolute Gasteiger partial charge is 0.0800 e. The van der Waals surface area contributed by atoms with Crippen molar-refractivity contribution in [1.82, 2.24) is 0 Å². The Morgan fingerprint density at radius 3 is 0.727 bits per heavy atom. The number of rotatable bonds is 0.